The Balaban J connectivity index is 1.84. The molecule has 0 unspecified atom stereocenters. The van der Waals surface area contributed by atoms with Crippen LogP contribution in [0.25, 0.3) is 17.5 Å². The zero-order valence-electron chi connectivity index (χ0n) is 13.0. The molecule has 3 aromatic rings. The number of allylic oxidation sites excluding steroid dienone is 1. The summed E-state index contributed by atoms with van der Waals surface area (Å²) >= 11 is 5.22. The van der Waals surface area contributed by atoms with Gasteiger partial charge in [0, 0.05) is 29.7 Å². The van der Waals surface area contributed by atoms with Gasteiger partial charge in [0.05, 0.1) is 7.11 Å². The van der Waals surface area contributed by atoms with Crippen LogP contribution in [0.15, 0.2) is 60.0 Å². The molecule has 0 saturated carbocycles. The lowest BCUT2D eigenvalue weighted by Gasteiger charge is -2.02. The first-order valence-corrected chi connectivity index (χ1v) is 7.62. The lowest BCUT2D eigenvalue weighted by atomic mass is 10.2. The molecule has 2 heterocycles. The summed E-state index contributed by atoms with van der Waals surface area (Å²) in [5, 5.41) is 11.3. The van der Waals surface area contributed by atoms with Gasteiger partial charge in [-0.05, 0) is 42.6 Å². The molecule has 120 valence electrons. The molecule has 0 saturated heterocycles. The summed E-state index contributed by atoms with van der Waals surface area (Å²) in [5.41, 5.74) is 1.80. The number of nitrogens with zero attached hydrogens (tertiary/aromatic N) is 4. The van der Waals surface area contributed by atoms with Gasteiger partial charge >= 0.3 is 0 Å². The minimum absolute atomic E-state index is 0.413. The molecule has 3 rings (SSSR count). The summed E-state index contributed by atoms with van der Waals surface area (Å²) in [6.45, 7) is 0. The van der Waals surface area contributed by atoms with E-state index in [0.29, 0.717) is 10.6 Å². The predicted octanol–water partition coefficient (Wildman–Crippen LogP) is 3.56. The van der Waals surface area contributed by atoms with E-state index in [4.69, 9.17) is 17.0 Å². The van der Waals surface area contributed by atoms with Crippen LogP contribution in [0.4, 0.5) is 0 Å². The quantitative estimate of drug-likeness (QED) is 0.571. The van der Waals surface area contributed by atoms with Crippen molar-refractivity contribution in [3.8, 4) is 17.1 Å². The summed E-state index contributed by atoms with van der Waals surface area (Å²) in [7, 11) is 1.64. The molecule has 1 N–H and O–H groups in total. The van der Waals surface area contributed by atoms with Gasteiger partial charge in [-0.2, -0.15) is 14.9 Å². The Morgan fingerprint density at radius 1 is 1.25 bits per heavy atom. The van der Waals surface area contributed by atoms with Crippen LogP contribution in [-0.4, -0.2) is 33.2 Å². The number of hydrogen-bond donors (Lipinski definition) is 1. The molecule has 0 aliphatic rings. The van der Waals surface area contributed by atoms with Crippen molar-refractivity contribution in [2.45, 2.75) is 0 Å². The van der Waals surface area contributed by atoms with Crippen LogP contribution < -0.4 is 4.74 Å². The summed E-state index contributed by atoms with van der Waals surface area (Å²) < 4.78 is 7.27. The van der Waals surface area contributed by atoms with Gasteiger partial charge in [-0.1, -0.05) is 18.2 Å². The van der Waals surface area contributed by atoms with Crippen LogP contribution in [0.2, 0.25) is 0 Å². The number of H-pyrrole nitrogens is 1. The number of rotatable bonds is 5. The van der Waals surface area contributed by atoms with Gasteiger partial charge in [0.1, 0.15) is 5.75 Å². The summed E-state index contributed by atoms with van der Waals surface area (Å²) in [5.74, 6) is 1.41. The molecule has 0 aliphatic carbocycles. The highest BCUT2D eigenvalue weighted by Crippen LogP contribution is 2.18. The average molecular weight is 337 g/mol. The lowest BCUT2D eigenvalue weighted by molar-refractivity contribution is 0.414. The molecule has 0 atom stereocenters. The highest BCUT2D eigenvalue weighted by molar-refractivity contribution is 7.71. The van der Waals surface area contributed by atoms with Crippen molar-refractivity contribution in [1.29, 1.82) is 0 Å². The molecule has 0 fully saturated rings. The fraction of sp³-hybridized carbons (Fsp3) is 0.0588. The first-order valence-electron chi connectivity index (χ1n) is 7.21. The van der Waals surface area contributed by atoms with Gasteiger partial charge in [0.25, 0.3) is 0 Å². The van der Waals surface area contributed by atoms with Gasteiger partial charge < -0.3 is 4.74 Å². The van der Waals surface area contributed by atoms with Crippen molar-refractivity contribution in [2.24, 2.45) is 5.10 Å². The Hall–Kier alpha value is -3.06. The summed E-state index contributed by atoms with van der Waals surface area (Å²) in [4.78, 5) is 4.09. The number of ether oxygens (including phenoxy) is 1. The third-order valence-electron chi connectivity index (χ3n) is 3.25. The Morgan fingerprint density at radius 3 is 2.92 bits per heavy atom. The van der Waals surface area contributed by atoms with Gasteiger partial charge in [-0.3, -0.25) is 4.98 Å². The second-order valence-corrected chi connectivity index (χ2v) is 5.16. The van der Waals surface area contributed by atoms with E-state index in [0.717, 1.165) is 16.9 Å². The van der Waals surface area contributed by atoms with Crippen molar-refractivity contribution >= 4 is 24.5 Å². The van der Waals surface area contributed by atoms with Gasteiger partial charge in [0.2, 0.25) is 4.77 Å². The molecule has 0 spiro atoms. The number of benzene rings is 1. The van der Waals surface area contributed by atoms with E-state index in [2.05, 4.69) is 20.3 Å². The number of nitrogens with one attached hydrogen (secondary N) is 1. The molecule has 0 bridgehead atoms. The second kappa shape index (κ2) is 7.47. The molecular formula is C17H15N5OS. The predicted molar refractivity (Wildman–Crippen MR) is 96.6 cm³/mol. The topological polar surface area (TPSA) is 68.1 Å². The summed E-state index contributed by atoms with van der Waals surface area (Å²) in [6.07, 6.45) is 8.79. The number of pyridine rings is 1. The molecule has 0 aliphatic heterocycles. The van der Waals surface area contributed by atoms with Crippen molar-refractivity contribution < 1.29 is 4.74 Å². The number of methoxy groups -OCH3 is 1. The Morgan fingerprint density at radius 2 is 2.12 bits per heavy atom. The standard InChI is InChI=1S/C17H15N5OS/c1-23-15-9-3-2-6-13(15)7-5-11-19-22-16(20-21-17(22)24)14-8-4-10-18-12-14/h2-12H,1H3,(H,21,24)/b7-5+,19-11+. The molecule has 6 nitrogen and oxygen atoms in total. The Kier molecular flexibility index (Phi) is 4.93. The van der Waals surface area contributed by atoms with E-state index < -0.39 is 0 Å². The van der Waals surface area contributed by atoms with Gasteiger partial charge in [-0.15, -0.1) is 0 Å². The molecular weight excluding hydrogens is 322 g/mol. The normalized spacial score (nSPS) is 11.4. The minimum Gasteiger partial charge on any atom is -0.496 e. The zero-order chi connectivity index (χ0) is 16.8. The largest absolute Gasteiger partial charge is 0.496 e. The van der Waals surface area contributed by atoms with E-state index in [1.54, 1.807) is 30.4 Å². The van der Waals surface area contributed by atoms with Gasteiger partial charge in [-0.25, -0.2) is 5.10 Å². The lowest BCUT2D eigenvalue weighted by Crippen LogP contribution is -1.94. The molecule has 24 heavy (non-hydrogen) atoms. The van der Waals surface area contributed by atoms with E-state index in [1.807, 2.05) is 48.6 Å². The molecule has 0 amide bonds. The van der Waals surface area contributed by atoms with Crippen LogP contribution in [-0.2, 0) is 0 Å². The second-order valence-electron chi connectivity index (χ2n) is 4.77. The van der Waals surface area contributed by atoms with E-state index in [-0.39, 0.29) is 0 Å². The van der Waals surface area contributed by atoms with Crippen LogP contribution >= 0.6 is 12.2 Å². The SMILES string of the molecule is COc1ccccc1/C=C/C=N/n1c(-c2cccnc2)n[nH]c1=S. The van der Waals surface area contributed by atoms with Crippen molar-refractivity contribution in [3.05, 3.63) is 65.2 Å². The molecule has 0 radical (unpaired) electrons. The Bertz CT molecular complexity index is 927. The van der Waals surface area contributed by atoms with Crippen molar-refractivity contribution in [3.63, 3.8) is 0 Å². The Labute approximate surface area is 144 Å². The zero-order valence-corrected chi connectivity index (χ0v) is 13.8. The number of aromatic nitrogens is 4. The fourth-order valence-corrected chi connectivity index (χ4v) is 2.32. The van der Waals surface area contributed by atoms with E-state index >= 15 is 0 Å². The highest BCUT2D eigenvalue weighted by Gasteiger charge is 2.07. The first-order chi connectivity index (χ1) is 11.8. The molecule has 1 aromatic carbocycles. The first kappa shape index (κ1) is 15.8. The van der Waals surface area contributed by atoms with Gasteiger partial charge in [0.15, 0.2) is 5.82 Å². The number of hydrogen-bond acceptors (Lipinski definition) is 5. The average Bonchev–Trinajstić information content (AvgIpc) is 3.00. The molecule has 2 aromatic heterocycles. The number of aromatic amines is 1. The van der Waals surface area contributed by atoms with E-state index in [9.17, 15) is 0 Å². The maximum absolute atomic E-state index is 5.30. The minimum atomic E-state index is 0.413. The molecule has 7 heteroatoms. The highest BCUT2D eigenvalue weighted by atomic mass is 32.1. The smallest absolute Gasteiger partial charge is 0.216 e. The third-order valence-corrected chi connectivity index (χ3v) is 3.52. The monoisotopic (exact) mass is 337 g/mol. The van der Waals surface area contributed by atoms with Crippen LogP contribution in [0.1, 0.15) is 5.56 Å². The summed E-state index contributed by atoms with van der Waals surface area (Å²) in [6, 6.07) is 11.5. The number of para-hydroxylation sites is 1. The third kappa shape index (κ3) is 3.47. The maximum atomic E-state index is 5.30. The van der Waals surface area contributed by atoms with Crippen LogP contribution in [0, 0.1) is 4.77 Å². The van der Waals surface area contributed by atoms with Crippen molar-refractivity contribution in [2.75, 3.05) is 7.11 Å². The van der Waals surface area contributed by atoms with Crippen LogP contribution in [0.3, 0.4) is 0 Å². The van der Waals surface area contributed by atoms with E-state index in [1.165, 1.54) is 0 Å². The van der Waals surface area contributed by atoms with Crippen molar-refractivity contribution in [1.82, 2.24) is 19.9 Å². The maximum Gasteiger partial charge on any atom is 0.216 e. The fourth-order valence-electron chi connectivity index (χ4n) is 2.14. The van der Waals surface area contributed by atoms with Crippen LogP contribution in [0.5, 0.6) is 5.75 Å².